The third-order valence-electron chi connectivity index (χ3n) is 7.06. The van der Waals surface area contributed by atoms with E-state index in [4.69, 9.17) is 15.2 Å². The fraction of sp³-hybridized carbons (Fsp3) is 0.207. The van der Waals surface area contributed by atoms with Gasteiger partial charge >= 0.3 is 0 Å². The number of nitrogens with two attached hydrogens (primary N) is 1. The van der Waals surface area contributed by atoms with Gasteiger partial charge in [-0.2, -0.15) is 0 Å². The van der Waals surface area contributed by atoms with Crippen LogP contribution in [0.3, 0.4) is 0 Å². The van der Waals surface area contributed by atoms with E-state index in [1.54, 1.807) is 14.2 Å². The molecule has 35 heavy (non-hydrogen) atoms. The number of carbonyl (C=O) groups is 1. The predicted molar refractivity (Wildman–Crippen MR) is 140 cm³/mol. The third kappa shape index (κ3) is 3.71. The molecule has 0 saturated carbocycles. The van der Waals surface area contributed by atoms with Crippen molar-refractivity contribution in [3.8, 4) is 22.8 Å². The largest absolute Gasteiger partial charge is 0.493 e. The number of hydrogen-bond donors (Lipinski definition) is 3. The predicted octanol–water partition coefficient (Wildman–Crippen LogP) is 5.71. The van der Waals surface area contributed by atoms with Gasteiger partial charge in [0, 0.05) is 33.7 Å². The maximum atomic E-state index is 13.4. The Morgan fingerprint density at radius 1 is 0.943 bits per heavy atom. The van der Waals surface area contributed by atoms with E-state index in [2.05, 4.69) is 28.2 Å². The van der Waals surface area contributed by atoms with Crippen LogP contribution in [0.15, 0.2) is 72.9 Å². The number of aromatic nitrogens is 2. The number of methoxy groups -OCH3 is 2. The highest BCUT2D eigenvalue weighted by Gasteiger charge is 2.41. The molecule has 1 unspecified atom stereocenters. The van der Waals surface area contributed by atoms with Crippen molar-refractivity contribution in [2.75, 3.05) is 14.2 Å². The standard InChI is InChI=1S/C29H29N3O3/c1-4-29(28(30)33,17-18-9-11-22-19(15-18)13-14-31-22)26-21-7-5-6-8-23(21)32-27(26)20-10-12-24(34-2)25(16-20)35-3/h5-16,31-32H,4,17H2,1-3H3,(H2,30,33). The van der Waals surface area contributed by atoms with Gasteiger partial charge < -0.3 is 25.2 Å². The van der Waals surface area contributed by atoms with Crippen molar-refractivity contribution in [3.63, 3.8) is 0 Å². The minimum Gasteiger partial charge on any atom is -0.493 e. The van der Waals surface area contributed by atoms with Gasteiger partial charge in [-0.25, -0.2) is 0 Å². The number of para-hydroxylation sites is 1. The van der Waals surface area contributed by atoms with E-state index in [-0.39, 0.29) is 5.91 Å². The maximum Gasteiger partial charge on any atom is 0.228 e. The second kappa shape index (κ2) is 8.87. The minimum absolute atomic E-state index is 0.347. The van der Waals surface area contributed by atoms with E-state index < -0.39 is 5.41 Å². The number of H-pyrrole nitrogens is 2. The average Bonchev–Trinajstić information content (AvgIpc) is 3.51. The molecule has 6 heteroatoms. The topological polar surface area (TPSA) is 93.1 Å². The first-order valence-electron chi connectivity index (χ1n) is 11.7. The zero-order chi connectivity index (χ0) is 24.6. The number of nitrogens with one attached hydrogen (secondary N) is 2. The Morgan fingerprint density at radius 3 is 2.49 bits per heavy atom. The second-order valence-corrected chi connectivity index (χ2v) is 8.87. The van der Waals surface area contributed by atoms with Gasteiger partial charge in [0.05, 0.1) is 25.3 Å². The normalized spacial score (nSPS) is 13.1. The first kappa shape index (κ1) is 22.6. The summed E-state index contributed by atoms with van der Waals surface area (Å²) in [6.07, 6.45) is 2.96. The number of rotatable bonds is 8. The number of amides is 1. The van der Waals surface area contributed by atoms with Crippen LogP contribution in [0.5, 0.6) is 11.5 Å². The van der Waals surface area contributed by atoms with E-state index in [1.807, 2.05) is 61.7 Å². The summed E-state index contributed by atoms with van der Waals surface area (Å²) < 4.78 is 11.0. The van der Waals surface area contributed by atoms with E-state index in [0.29, 0.717) is 24.3 Å². The molecule has 0 spiro atoms. The number of benzene rings is 3. The minimum atomic E-state index is -0.925. The molecule has 178 valence electrons. The van der Waals surface area contributed by atoms with E-state index >= 15 is 0 Å². The summed E-state index contributed by atoms with van der Waals surface area (Å²) in [7, 11) is 3.23. The summed E-state index contributed by atoms with van der Waals surface area (Å²) in [4.78, 5) is 20.2. The lowest BCUT2D eigenvalue weighted by Gasteiger charge is -2.31. The van der Waals surface area contributed by atoms with Crippen molar-refractivity contribution < 1.29 is 14.3 Å². The Bertz CT molecular complexity index is 1530. The number of carbonyl (C=O) groups excluding carboxylic acids is 1. The monoisotopic (exact) mass is 467 g/mol. The third-order valence-corrected chi connectivity index (χ3v) is 7.06. The molecule has 1 amide bonds. The lowest BCUT2D eigenvalue weighted by molar-refractivity contribution is -0.123. The van der Waals surface area contributed by atoms with E-state index in [0.717, 1.165) is 44.2 Å². The molecule has 0 aliphatic heterocycles. The Kier molecular flexibility index (Phi) is 5.73. The summed E-state index contributed by atoms with van der Waals surface area (Å²) in [6.45, 7) is 2.03. The zero-order valence-corrected chi connectivity index (χ0v) is 20.1. The molecule has 0 fully saturated rings. The van der Waals surface area contributed by atoms with Gasteiger partial charge in [-0.05, 0) is 66.3 Å². The Morgan fingerprint density at radius 2 is 1.74 bits per heavy atom. The van der Waals surface area contributed by atoms with Crippen LogP contribution < -0.4 is 15.2 Å². The lowest BCUT2D eigenvalue weighted by Crippen LogP contribution is -2.43. The van der Waals surface area contributed by atoms with Crippen LogP contribution in [-0.4, -0.2) is 30.1 Å². The van der Waals surface area contributed by atoms with Gasteiger partial charge in [0.25, 0.3) is 0 Å². The molecular formula is C29H29N3O3. The Labute approximate surface area is 204 Å². The Balaban J connectivity index is 1.75. The molecule has 0 saturated heterocycles. The molecule has 0 radical (unpaired) electrons. The maximum absolute atomic E-state index is 13.4. The van der Waals surface area contributed by atoms with Crippen molar-refractivity contribution >= 4 is 27.7 Å². The fourth-order valence-corrected chi connectivity index (χ4v) is 5.18. The van der Waals surface area contributed by atoms with Crippen LogP contribution in [0.2, 0.25) is 0 Å². The van der Waals surface area contributed by atoms with E-state index in [1.165, 1.54) is 0 Å². The first-order valence-corrected chi connectivity index (χ1v) is 11.7. The molecule has 0 bridgehead atoms. The fourth-order valence-electron chi connectivity index (χ4n) is 5.18. The van der Waals surface area contributed by atoms with Crippen molar-refractivity contribution in [2.45, 2.75) is 25.2 Å². The van der Waals surface area contributed by atoms with Crippen molar-refractivity contribution in [3.05, 3.63) is 84.1 Å². The summed E-state index contributed by atoms with van der Waals surface area (Å²) >= 11 is 0. The van der Waals surface area contributed by atoms with Crippen LogP contribution in [0, 0.1) is 0 Å². The van der Waals surface area contributed by atoms with E-state index in [9.17, 15) is 4.79 Å². The highest BCUT2D eigenvalue weighted by Crippen LogP contribution is 2.44. The molecule has 2 heterocycles. The van der Waals surface area contributed by atoms with Gasteiger partial charge in [0.15, 0.2) is 11.5 Å². The zero-order valence-electron chi connectivity index (χ0n) is 20.1. The quantitative estimate of drug-likeness (QED) is 0.273. The van der Waals surface area contributed by atoms with Gasteiger partial charge in [-0.1, -0.05) is 31.2 Å². The molecule has 0 aliphatic rings. The summed E-state index contributed by atoms with van der Waals surface area (Å²) in [5.41, 5.74) is 11.1. The average molecular weight is 468 g/mol. The molecule has 5 aromatic rings. The Hall–Kier alpha value is -4.19. The smallest absolute Gasteiger partial charge is 0.228 e. The number of ether oxygens (including phenoxy) is 2. The van der Waals surface area contributed by atoms with Gasteiger partial charge in [-0.3, -0.25) is 4.79 Å². The molecule has 6 nitrogen and oxygen atoms in total. The first-order chi connectivity index (χ1) is 17.0. The SMILES string of the molecule is CCC(Cc1ccc2[nH]ccc2c1)(C(N)=O)c1c(-c2ccc(OC)c(OC)c2)[nH]c2ccccc12. The van der Waals surface area contributed by atoms with Crippen molar-refractivity contribution in [2.24, 2.45) is 5.73 Å². The highest BCUT2D eigenvalue weighted by molar-refractivity contribution is 6.00. The van der Waals surface area contributed by atoms with Gasteiger partial charge in [0.2, 0.25) is 5.91 Å². The van der Waals surface area contributed by atoms with Crippen molar-refractivity contribution in [1.29, 1.82) is 0 Å². The summed E-state index contributed by atoms with van der Waals surface area (Å²) in [6, 6.07) is 22.1. The second-order valence-electron chi connectivity index (χ2n) is 8.87. The number of fused-ring (bicyclic) bond motifs is 2. The van der Waals surface area contributed by atoms with Crippen LogP contribution in [0.25, 0.3) is 33.1 Å². The molecule has 0 aliphatic carbocycles. The molecular weight excluding hydrogens is 438 g/mol. The van der Waals surface area contributed by atoms with Crippen LogP contribution >= 0.6 is 0 Å². The van der Waals surface area contributed by atoms with Gasteiger partial charge in [-0.15, -0.1) is 0 Å². The van der Waals surface area contributed by atoms with Gasteiger partial charge in [0.1, 0.15) is 0 Å². The van der Waals surface area contributed by atoms with Crippen LogP contribution in [0.1, 0.15) is 24.5 Å². The number of primary amides is 1. The summed E-state index contributed by atoms with van der Waals surface area (Å²) in [5, 5.41) is 2.09. The molecule has 2 aromatic heterocycles. The summed E-state index contributed by atoms with van der Waals surface area (Å²) in [5.74, 6) is 0.916. The highest BCUT2D eigenvalue weighted by atomic mass is 16.5. The molecule has 3 aromatic carbocycles. The molecule has 1 atom stereocenters. The van der Waals surface area contributed by atoms with Crippen LogP contribution in [-0.2, 0) is 16.6 Å². The molecule has 4 N–H and O–H groups in total. The molecule has 5 rings (SSSR count). The lowest BCUT2D eigenvalue weighted by atomic mass is 9.71. The van der Waals surface area contributed by atoms with Crippen LogP contribution in [0.4, 0.5) is 0 Å². The van der Waals surface area contributed by atoms with Crippen molar-refractivity contribution in [1.82, 2.24) is 9.97 Å². The number of hydrogen-bond acceptors (Lipinski definition) is 3. The number of aromatic amines is 2.